The van der Waals surface area contributed by atoms with E-state index in [2.05, 4.69) is 34.5 Å². The summed E-state index contributed by atoms with van der Waals surface area (Å²) in [6.45, 7) is 5.63. The van der Waals surface area contributed by atoms with Gasteiger partial charge in [0.1, 0.15) is 5.75 Å². The Hall–Kier alpha value is -1.06. The fraction of sp³-hybridized carbons (Fsp3) is 0.647. The molecule has 0 bridgehead atoms. The van der Waals surface area contributed by atoms with E-state index in [4.69, 9.17) is 4.74 Å². The number of nitrogens with zero attached hydrogens (tertiary/aromatic N) is 1. The number of rotatable bonds is 3. The van der Waals surface area contributed by atoms with Crippen molar-refractivity contribution < 1.29 is 4.74 Å². The SMILES string of the molecule is c1ccc2c(c1)OCCC2CN1CCNCC1C1CC1. The average Bonchev–Trinajstić information content (AvgIpc) is 3.33. The maximum absolute atomic E-state index is 5.80. The highest BCUT2D eigenvalue weighted by Gasteiger charge is 2.37. The number of para-hydroxylation sites is 1. The van der Waals surface area contributed by atoms with Gasteiger partial charge in [-0.1, -0.05) is 18.2 Å². The zero-order valence-electron chi connectivity index (χ0n) is 12.1. The molecule has 3 aliphatic rings. The maximum Gasteiger partial charge on any atom is 0.122 e. The van der Waals surface area contributed by atoms with Gasteiger partial charge in [0, 0.05) is 38.1 Å². The Balaban J connectivity index is 1.51. The molecule has 20 heavy (non-hydrogen) atoms. The van der Waals surface area contributed by atoms with Crippen molar-refractivity contribution in [2.45, 2.75) is 31.2 Å². The number of ether oxygens (including phenoxy) is 1. The largest absolute Gasteiger partial charge is 0.493 e. The molecule has 1 aromatic rings. The number of hydrogen-bond acceptors (Lipinski definition) is 3. The standard InChI is InChI=1S/C17H24N2O/c1-2-4-17-15(3-1)14(7-10-20-17)12-19-9-8-18-11-16(19)13-5-6-13/h1-4,13-14,16,18H,5-12H2. The minimum absolute atomic E-state index is 0.652. The van der Waals surface area contributed by atoms with E-state index in [0.717, 1.165) is 30.9 Å². The van der Waals surface area contributed by atoms with Gasteiger partial charge in [0.05, 0.1) is 6.61 Å². The fourth-order valence-electron chi connectivity index (χ4n) is 3.83. The predicted molar refractivity (Wildman–Crippen MR) is 80.2 cm³/mol. The molecule has 1 saturated heterocycles. The van der Waals surface area contributed by atoms with Crippen molar-refractivity contribution in [1.29, 1.82) is 0 Å². The van der Waals surface area contributed by atoms with E-state index in [1.807, 2.05) is 0 Å². The number of nitrogens with one attached hydrogen (secondary N) is 1. The van der Waals surface area contributed by atoms with Crippen molar-refractivity contribution in [3.05, 3.63) is 29.8 Å². The van der Waals surface area contributed by atoms with Crippen LogP contribution < -0.4 is 10.1 Å². The quantitative estimate of drug-likeness (QED) is 0.913. The van der Waals surface area contributed by atoms with Gasteiger partial charge < -0.3 is 10.1 Å². The Morgan fingerprint density at radius 3 is 3.00 bits per heavy atom. The highest BCUT2D eigenvalue weighted by Crippen LogP contribution is 2.38. The monoisotopic (exact) mass is 272 g/mol. The molecule has 1 N–H and O–H groups in total. The zero-order valence-corrected chi connectivity index (χ0v) is 12.1. The molecule has 2 aliphatic heterocycles. The second kappa shape index (κ2) is 5.38. The number of benzene rings is 1. The van der Waals surface area contributed by atoms with Crippen molar-refractivity contribution in [2.75, 3.05) is 32.8 Å². The topological polar surface area (TPSA) is 24.5 Å². The normalized spacial score (nSPS) is 30.6. The Labute approximate surface area is 121 Å². The average molecular weight is 272 g/mol. The Morgan fingerprint density at radius 1 is 1.20 bits per heavy atom. The molecule has 1 aliphatic carbocycles. The first kappa shape index (κ1) is 12.7. The van der Waals surface area contributed by atoms with E-state index in [9.17, 15) is 0 Å². The molecule has 3 heteroatoms. The van der Waals surface area contributed by atoms with Crippen LogP contribution in [0.15, 0.2) is 24.3 Å². The molecule has 108 valence electrons. The van der Waals surface area contributed by atoms with Crippen LogP contribution in [-0.2, 0) is 0 Å². The van der Waals surface area contributed by atoms with Crippen LogP contribution in [0.2, 0.25) is 0 Å². The van der Waals surface area contributed by atoms with Gasteiger partial charge in [0.25, 0.3) is 0 Å². The van der Waals surface area contributed by atoms with Crippen LogP contribution in [0.25, 0.3) is 0 Å². The number of piperazine rings is 1. The van der Waals surface area contributed by atoms with Gasteiger partial charge in [-0.2, -0.15) is 0 Å². The van der Waals surface area contributed by atoms with Gasteiger partial charge in [-0.3, -0.25) is 4.90 Å². The third-order valence-corrected chi connectivity index (χ3v) is 5.10. The molecule has 3 nitrogen and oxygen atoms in total. The van der Waals surface area contributed by atoms with E-state index < -0.39 is 0 Å². The number of hydrogen-bond donors (Lipinski definition) is 1. The predicted octanol–water partition coefficient (Wildman–Crippen LogP) is 2.24. The molecule has 2 atom stereocenters. The molecule has 4 rings (SSSR count). The van der Waals surface area contributed by atoms with Gasteiger partial charge in [0.15, 0.2) is 0 Å². The molecule has 1 saturated carbocycles. The third kappa shape index (κ3) is 2.45. The lowest BCUT2D eigenvalue weighted by Gasteiger charge is -2.39. The van der Waals surface area contributed by atoms with Crippen LogP contribution in [0.3, 0.4) is 0 Å². The summed E-state index contributed by atoms with van der Waals surface area (Å²) in [5, 5.41) is 3.58. The van der Waals surface area contributed by atoms with Crippen molar-refractivity contribution >= 4 is 0 Å². The lowest BCUT2D eigenvalue weighted by atomic mass is 9.91. The van der Waals surface area contributed by atoms with Crippen molar-refractivity contribution in [3.63, 3.8) is 0 Å². The molecule has 0 spiro atoms. The van der Waals surface area contributed by atoms with Gasteiger partial charge in [-0.25, -0.2) is 0 Å². The first-order valence-electron chi connectivity index (χ1n) is 8.08. The lowest BCUT2D eigenvalue weighted by Crippen LogP contribution is -2.53. The summed E-state index contributed by atoms with van der Waals surface area (Å²) < 4.78 is 5.80. The van der Waals surface area contributed by atoms with Crippen LogP contribution in [0, 0.1) is 5.92 Å². The molecule has 2 fully saturated rings. The lowest BCUT2D eigenvalue weighted by molar-refractivity contribution is 0.124. The van der Waals surface area contributed by atoms with Crippen molar-refractivity contribution in [1.82, 2.24) is 10.2 Å². The van der Waals surface area contributed by atoms with Gasteiger partial charge >= 0.3 is 0 Å². The first-order valence-corrected chi connectivity index (χ1v) is 8.08. The zero-order chi connectivity index (χ0) is 13.4. The summed E-state index contributed by atoms with van der Waals surface area (Å²) in [4.78, 5) is 2.75. The second-order valence-corrected chi connectivity index (χ2v) is 6.48. The highest BCUT2D eigenvalue weighted by molar-refractivity contribution is 5.38. The van der Waals surface area contributed by atoms with E-state index >= 15 is 0 Å². The summed E-state index contributed by atoms with van der Waals surface area (Å²) in [6, 6.07) is 9.39. The first-order chi connectivity index (χ1) is 9.92. The molecule has 1 aromatic carbocycles. The molecule has 0 amide bonds. The molecule has 2 heterocycles. The third-order valence-electron chi connectivity index (χ3n) is 5.10. The van der Waals surface area contributed by atoms with Gasteiger partial charge in [-0.15, -0.1) is 0 Å². The van der Waals surface area contributed by atoms with Gasteiger partial charge in [-0.05, 0) is 36.8 Å². The summed E-state index contributed by atoms with van der Waals surface area (Å²) in [5.74, 6) is 2.72. The highest BCUT2D eigenvalue weighted by atomic mass is 16.5. The summed E-state index contributed by atoms with van der Waals surface area (Å²) in [7, 11) is 0. The Kier molecular flexibility index (Phi) is 3.41. The van der Waals surface area contributed by atoms with Crippen molar-refractivity contribution in [3.8, 4) is 5.75 Å². The smallest absolute Gasteiger partial charge is 0.122 e. The minimum Gasteiger partial charge on any atom is -0.493 e. The molecule has 0 aromatic heterocycles. The Morgan fingerprint density at radius 2 is 2.10 bits per heavy atom. The summed E-state index contributed by atoms with van der Waals surface area (Å²) in [6.07, 6.45) is 4.04. The van der Waals surface area contributed by atoms with Crippen LogP contribution in [0.5, 0.6) is 5.75 Å². The van der Waals surface area contributed by atoms with E-state index in [1.165, 1.54) is 44.5 Å². The van der Waals surface area contributed by atoms with E-state index in [1.54, 1.807) is 0 Å². The minimum atomic E-state index is 0.652. The second-order valence-electron chi connectivity index (χ2n) is 6.48. The van der Waals surface area contributed by atoms with Crippen molar-refractivity contribution in [2.24, 2.45) is 5.92 Å². The van der Waals surface area contributed by atoms with E-state index in [0.29, 0.717) is 5.92 Å². The van der Waals surface area contributed by atoms with Crippen LogP contribution in [-0.4, -0.2) is 43.7 Å². The van der Waals surface area contributed by atoms with Crippen LogP contribution in [0.1, 0.15) is 30.7 Å². The van der Waals surface area contributed by atoms with E-state index in [-0.39, 0.29) is 0 Å². The summed E-state index contributed by atoms with van der Waals surface area (Å²) >= 11 is 0. The maximum atomic E-state index is 5.80. The summed E-state index contributed by atoms with van der Waals surface area (Å²) in [5.41, 5.74) is 1.42. The van der Waals surface area contributed by atoms with Crippen LogP contribution in [0.4, 0.5) is 0 Å². The molecular weight excluding hydrogens is 248 g/mol. The molecule has 0 radical (unpaired) electrons. The van der Waals surface area contributed by atoms with Crippen LogP contribution >= 0.6 is 0 Å². The Bertz CT molecular complexity index is 472. The van der Waals surface area contributed by atoms with Gasteiger partial charge in [0.2, 0.25) is 0 Å². The number of fused-ring (bicyclic) bond motifs is 1. The molecule has 2 unspecified atom stereocenters. The molecular formula is C17H24N2O. The fourth-order valence-corrected chi connectivity index (χ4v) is 3.83.